The van der Waals surface area contributed by atoms with Gasteiger partial charge in [-0.25, -0.2) is 9.97 Å². The smallest absolute Gasteiger partial charge is 0.161 e. The van der Waals surface area contributed by atoms with Gasteiger partial charge >= 0.3 is 0 Å². The topological polar surface area (TPSA) is 37.8 Å². The molecule has 0 aliphatic heterocycles. The van der Waals surface area contributed by atoms with Crippen LogP contribution in [0.1, 0.15) is 30.0 Å². The zero-order valence-corrected chi connectivity index (χ0v) is 12.7. The second-order valence-corrected chi connectivity index (χ2v) is 5.73. The number of benzene rings is 1. The van der Waals surface area contributed by atoms with E-state index in [0.717, 1.165) is 33.3 Å². The summed E-state index contributed by atoms with van der Waals surface area (Å²) in [6.07, 6.45) is 2.66. The van der Waals surface area contributed by atoms with Gasteiger partial charge in [0.2, 0.25) is 0 Å². The average Bonchev–Trinajstić information content (AvgIpc) is 3.26. The Labute approximate surface area is 121 Å². The molecular weight excluding hydrogens is 302 g/mol. The molecule has 1 aliphatic rings. The molecule has 0 unspecified atom stereocenters. The van der Waals surface area contributed by atoms with E-state index in [-0.39, 0.29) is 0 Å². The van der Waals surface area contributed by atoms with Gasteiger partial charge in [-0.3, -0.25) is 0 Å². The van der Waals surface area contributed by atoms with Crippen LogP contribution in [0, 0.1) is 6.92 Å². The van der Waals surface area contributed by atoms with Crippen LogP contribution in [-0.2, 0) is 0 Å². The fourth-order valence-corrected chi connectivity index (χ4v) is 2.55. The SMILES string of the molecule is CNc1nc(-c2ccc(C3CC3)cc2)nc(C)c1Br. The lowest BCUT2D eigenvalue weighted by Gasteiger charge is -2.09. The zero-order chi connectivity index (χ0) is 13.4. The number of hydrogen-bond acceptors (Lipinski definition) is 3. The highest BCUT2D eigenvalue weighted by Crippen LogP contribution is 2.40. The van der Waals surface area contributed by atoms with E-state index in [1.807, 2.05) is 14.0 Å². The molecule has 0 amide bonds. The van der Waals surface area contributed by atoms with Crippen molar-refractivity contribution in [2.45, 2.75) is 25.7 Å². The van der Waals surface area contributed by atoms with Crippen LogP contribution in [-0.4, -0.2) is 17.0 Å². The Morgan fingerprint density at radius 2 is 1.84 bits per heavy atom. The lowest BCUT2D eigenvalue weighted by Crippen LogP contribution is -2.00. The van der Waals surface area contributed by atoms with Gasteiger partial charge in [-0.1, -0.05) is 24.3 Å². The third-order valence-electron chi connectivity index (χ3n) is 3.47. The highest BCUT2D eigenvalue weighted by molar-refractivity contribution is 9.10. The van der Waals surface area contributed by atoms with Gasteiger partial charge in [-0.2, -0.15) is 0 Å². The summed E-state index contributed by atoms with van der Waals surface area (Å²) in [4.78, 5) is 9.09. The molecule has 1 saturated carbocycles. The Morgan fingerprint density at radius 1 is 1.16 bits per heavy atom. The molecule has 0 radical (unpaired) electrons. The van der Waals surface area contributed by atoms with Crippen molar-refractivity contribution in [1.29, 1.82) is 0 Å². The largest absolute Gasteiger partial charge is 0.372 e. The molecule has 19 heavy (non-hydrogen) atoms. The van der Waals surface area contributed by atoms with Crippen LogP contribution in [0.5, 0.6) is 0 Å². The Hall–Kier alpha value is -1.42. The van der Waals surface area contributed by atoms with Crippen molar-refractivity contribution in [3.05, 3.63) is 40.0 Å². The molecule has 1 aromatic heterocycles. The van der Waals surface area contributed by atoms with Crippen LogP contribution < -0.4 is 5.32 Å². The second-order valence-electron chi connectivity index (χ2n) is 4.94. The fraction of sp³-hybridized carbons (Fsp3) is 0.333. The number of aryl methyl sites for hydroxylation is 1. The first-order valence-corrected chi connectivity index (χ1v) is 7.30. The molecule has 0 bridgehead atoms. The van der Waals surface area contributed by atoms with Gasteiger partial charge in [0.25, 0.3) is 0 Å². The van der Waals surface area contributed by atoms with E-state index in [1.54, 1.807) is 0 Å². The monoisotopic (exact) mass is 317 g/mol. The predicted molar refractivity (Wildman–Crippen MR) is 81.4 cm³/mol. The molecule has 1 N–H and O–H groups in total. The number of nitrogens with one attached hydrogen (secondary N) is 1. The van der Waals surface area contributed by atoms with E-state index in [9.17, 15) is 0 Å². The molecular formula is C15H16BrN3. The van der Waals surface area contributed by atoms with Crippen LogP contribution >= 0.6 is 15.9 Å². The van der Waals surface area contributed by atoms with Crippen LogP contribution in [0.25, 0.3) is 11.4 Å². The quantitative estimate of drug-likeness (QED) is 0.924. The minimum absolute atomic E-state index is 0.771. The summed E-state index contributed by atoms with van der Waals surface area (Å²) in [5.74, 6) is 2.38. The maximum absolute atomic E-state index is 4.54. The normalized spacial score (nSPS) is 14.5. The number of hydrogen-bond donors (Lipinski definition) is 1. The van der Waals surface area contributed by atoms with E-state index in [0.29, 0.717) is 0 Å². The second kappa shape index (κ2) is 4.93. The van der Waals surface area contributed by atoms with E-state index < -0.39 is 0 Å². The summed E-state index contributed by atoms with van der Waals surface area (Å²) >= 11 is 3.50. The van der Waals surface area contributed by atoms with Gasteiger partial charge < -0.3 is 5.32 Å². The van der Waals surface area contributed by atoms with Crippen molar-refractivity contribution in [1.82, 2.24) is 9.97 Å². The van der Waals surface area contributed by atoms with Crippen LogP contribution in [0.4, 0.5) is 5.82 Å². The fourth-order valence-electron chi connectivity index (χ4n) is 2.18. The molecule has 3 rings (SSSR count). The number of aromatic nitrogens is 2. The molecule has 4 heteroatoms. The Kier molecular flexibility index (Phi) is 3.27. The lowest BCUT2D eigenvalue weighted by molar-refractivity contribution is 1.08. The number of anilines is 1. The van der Waals surface area contributed by atoms with Crippen molar-refractivity contribution in [2.24, 2.45) is 0 Å². The molecule has 3 nitrogen and oxygen atoms in total. The molecule has 0 spiro atoms. The average molecular weight is 318 g/mol. The minimum Gasteiger partial charge on any atom is -0.372 e. The summed E-state index contributed by atoms with van der Waals surface area (Å²) in [6, 6.07) is 8.64. The Bertz CT molecular complexity index is 604. The van der Waals surface area contributed by atoms with Gasteiger partial charge in [-0.05, 0) is 47.2 Å². The van der Waals surface area contributed by atoms with Gasteiger partial charge in [0.1, 0.15) is 5.82 Å². The molecule has 0 saturated heterocycles. The predicted octanol–water partition coefficient (Wildman–Crippen LogP) is 4.13. The van der Waals surface area contributed by atoms with E-state index in [2.05, 4.69) is 55.5 Å². The zero-order valence-electron chi connectivity index (χ0n) is 11.1. The summed E-state index contributed by atoms with van der Waals surface area (Å²) < 4.78 is 0.924. The first kappa shape index (κ1) is 12.6. The van der Waals surface area contributed by atoms with Crippen molar-refractivity contribution in [2.75, 3.05) is 12.4 Å². The van der Waals surface area contributed by atoms with Crippen molar-refractivity contribution >= 4 is 21.7 Å². The third-order valence-corrected chi connectivity index (χ3v) is 4.42. The van der Waals surface area contributed by atoms with Gasteiger partial charge in [0.15, 0.2) is 5.82 Å². The Balaban J connectivity index is 1.98. The van der Waals surface area contributed by atoms with Crippen molar-refractivity contribution in [3.63, 3.8) is 0 Å². The summed E-state index contributed by atoms with van der Waals surface area (Å²) in [5.41, 5.74) is 3.45. The summed E-state index contributed by atoms with van der Waals surface area (Å²) in [7, 11) is 1.87. The van der Waals surface area contributed by atoms with Crippen LogP contribution in [0.3, 0.4) is 0 Å². The highest BCUT2D eigenvalue weighted by atomic mass is 79.9. The molecule has 98 valence electrons. The highest BCUT2D eigenvalue weighted by Gasteiger charge is 2.23. The van der Waals surface area contributed by atoms with Gasteiger partial charge in [-0.15, -0.1) is 0 Å². The minimum atomic E-state index is 0.771. The van der Waals surface area contributed by atoms with E-state index in [4.69, 9.17) is 0 Å². The molecule has 1 fully saturated rings. The lowest BCUT2D eigenvalue weighted by atomic mass is 10.1. The number of halogens is 1. The first-order valence-electron chi connectivity index (χ1n) is 6.51. The van der Waals surface area contributed by atoms with E-state index >= 15 is 0 Å². The van der Waals surface area contributed by atoms with Crippen LogP contribution in [0.15, 0.2) is 28.7 Å². The van der Waals surface area contributed by atoms with Gasteiger partial charge in [0.05, 0.1) is 10.2 Å². The summed E-state index contributed by atoms with van der Waals surface area (Å²) in [6.45, 7) is 1.98. The molecule has 0 atom stereocenters. The molecule has 1 heterocycles. The number of nitrogens with zero attached hydrogens (tertiary/aromatic N) is 2. The Morgan fingerprint density at radius 3 is 2.42 bits per heavy atom. The van der Waals surface area contributed by atoms with E-state index in [1.165, 1.54) is 18.4 Å². The molecule has 2 aromatic rings. The standard InChI is InChI=1S/C15H16BrN3/c1-9-13(16)15(17-2)19-14(18-9)12-7-5-11(6-8-12)10-3-4-10/h5-8,10H,3-4H2,1-2H3,(H,17,18,19). The molecule has 1 aromatic carbocycles. The molecule has 1 aliphatic carbocycles. The van der Waals surface area contributed by atoms with Crippen molar-refractivity contribution < 1.29 is 0 Å². The first-order chi connectivity index (χ1) is 9.19. The third kappa shape index (κ3) is 2.50. The number of rotatable bonds is 3. The van der Waals surface area contributed by atoms with Gasteiger partial charge in [0, 0.05) is 12.6 Å². The van der Waals surface area contributed by atoms with Crippen molar-refractivity contribution in [3.8, 4) is 11.4 Å². The summed E-state index contributed by atoms with van der Waals surface area (Å²) in [5, 5.41) is 3.09. The maximum atomic E-state index is 4.54. The maximum Gasteiger partial charge on any atom is 0.161 e. The van der Waals surface area contributed by atoms with Crippen LogP contribution in [0.2, 0.25) is 0 Å².